The molecule has 4 aromatic rings. The average molecular weight is 482 g/mol. The molecule has 0 aliphatic heterocycles. The van der Waals surface area contributed by atoms with Gasteiger partial charge in [0.1, 0.15) is 17.9 Å². The molecule has 10 nitrogen and oxygen atoms in total. The highest BCUT2D eigenvalue weighted by Crippen LogP contribution is 2.30. The van der Waals surface area contributed by atoms with E-state index >= 15 is 0 Å². The SMILES string of the molecule is CCCC(C)n1c(CO)nc2cnc(Cc3ccnc(-c4cnn(S(=O)(=O)C5CC5)c4)n3)cc21. The van der Waals surface area contributed by atoms with Crippen LogP contribution in [0.1, 0.15) is 62.8 Å². The molecule has 1 N–H and O–H groups in total. The van der Waals surface area contributed by atoms with Gasteiger partial charge in [-0.25, -0.2) is 23.4 Å². The first-order valence-corrected chi connectivity index (χ1v) is 13.0. The van der Waals surface area contributed by atoms with E-state index in [0.717, 1.165) is 39.4 Å². The Balaban J connectivity index is 1.43. The summed E-state index contributed by atoms with van der Waals surface area (Å²) >= 11 is 0. The van der Waals surface area contributed by atoms with Crippen molar-refractivity contribution < 1.29 is 13.5 Å². The molecular weight excluding hydrogens is 454 g/mol. The molecule has 4 heterocycles. The number of nitrogens with zero attached hydrogens (tertiary/aromatic N) is 7. The average Bonchev–Trinajstić information content (AvgIpc) is 3.45. The third kappa shape index (κ3) is 4.21. The molecule has 1 aliphatic rings. The fourth-order valence-electron chi connectivity index (χ4n) is 4.23. The third-order valence-electron chi connectivity index (χ3n) is 6.09. The van der Waals surface area contributed by atoms with Crippen LogP contribution in [0.3, 0.4) is 0 Å². The van der Waals surface area contributed by atoms with E-state index in [1.54, 1.807) is 12.4 Å². The fourth-order valence-corrected chi connectivity index (χ4v) is 5.71. The summed E-state index contributed by atoms with van der Waals surface area (Å²) in [6.45, 7) is 4.14. The number of hydrogen-bond acceptors (Lipinski definition) is 8. The molecule has 0 amide bonds. The third-order valence-corrected chi connectivity index (χ3v) is 8.13. The highest BCUT2D eigenvalue weighted by molar-refractivity contribution is 7.90. The van der Waals surface area contributed by atoms with E-state index in [1.807, 2.05) is 12.1 Å². The summed E-state index contributed by atoms with van der Waals surface area (Å²) in [6.07, 6.45) is 10.2. The maximum absolute atomic E-state index is 12.4. The topological polar surface area (TPSA) is 129 Å². The lowest BCUT2D eigenvalue weighted by molar-refractivity contribution is 0.261. The van der Waals surface area contributed by atoms with Gasteiger partial charge in [0.25, 0.3) is 10.0 Å². The van der Waals surface area contributed by atoms with Gasteiger partial charge in [0, 0.05) is 24.4 Å². The number of aliphatic hydroxyl groups excluding tert-OH is 1. The molecule has 1 aliphatic carbocycles. The zero-order valence-corrected chi connectivity index (χ0v) is 20.0. The molecule has 0 spiro atoms. The maximum Gasteiger partial charge on any atom is 0.256 e. The zero-order chi connectivity index (χ0) is 23.9. The van der Waals surface area contributed by atoms with Crippen LogP contribution in [0.5, 0.6) is 0 Å². The van der Waals surface area contributed by atoms with Gasteiger partial charge in [-0.05, 0) is 38.3 Å². The van der Waals surface area contributed by atoms with E-state index in [0.29, 0.717) is 36.5 Å². The van der Waals surface area contributed by atoms with Crippen molar-refractivity contribution in [3.05, 3.63) is 54.1 Å². The van der Waals surface area contributed by atoms with Gasteiger partial charge in [0.2, 0.25) is 0 Å². The van der Waals surface area contributed by atoms with Crippen LogP contribution in [0.25, 0.3) is 22.4 Å². The lowest BCUT2D eigenvalue weighted by Crippen LogP contribution is -2.17. The molecular formula is C23H27N7O3S. The molecule has 0 aromatic carbocycles. The van der Waals surface area contributed by atoms with Crippen LogP contribution in [0, 0.1) is 0 Å². The van der Waals surface area contributed by atoms with Crippen molar-refractivity contribution >= 4 is 21.1 Å². The van der Waals surface area contributed by atoms with Crippen molar-refractivity contribution in [2.75, 3.05) is 0 Å². The monoisotopic (exact) mass is 481 g/mol. The highest BCUT2D eigenvalue weighted by Gasteiger charge is 2.37. The number of hydrogen-bond donors (Lipinski definition) is 1. The molecule has 1 saturated carbocycles. The highest BCUT2D eigenvalue weighted by atomic mass is 32.2. The minimum atomic E-state index is -3.43. The molecule has 1 fully saturated rings. The summed E-state index contributed by atoms with van der Waals surface area (Å²) in [5.74, 6) is 1.05. The summed E-state index contributed by atoms with van der Waals surface area (Å²) in [5.41, 5.74) is 3.82. The predicted molar refractivity (Wildman–Crippen MR) is 126 cm³/mol. The number of rotatable bonds is 9. The Labute approximate surface area is 197 Å². The minimum absolute atomic E-state index is 0.127. The summed E-state index contributed by atoms with van der Waals surface area (Å²) in [6, 6.07) is 4.02. The summed E-state index contributed by atoms with van der Waals surface area (Å²) in [5, 5.41) is 13.5. The van der Waals surface area contributed by atoms with E-state index in [9.17, 15) is 13.5 Å². The Kier molecular flexibility index (Phi) is 5.90. The van der Waals surface area contributed by atoms with Crippen LogP contribution in [0.2, 0.25) is 0 Å². The largest absolute Gasteiger partial charge is 0.388 e. The van der Waals surface area contributed by atoms with Crippen LogP contribution < -0.4 is 0 Å². The molecule has 11 heteroatoms. The van der Waals surface area contributed by atoms with Crippen molar-refractivity contribution in [2.24, 2.45) is 0 Å². The van der Waals surface area contributed by atoms with Crippen LogP contribution in [0.4, 0.5) is 0 Å². The smallest absolute Gasteiger partial charge is 0.256 e. The molecule has 1 unspecified atom stereocenters. The first kappa shape index (κ1) is 22.6. The van der Waals surface area contributed by atoms with Gasteiger partial charge in [-0.15, -0.1) is 0 Å². The summed E-state index contributed by atoms with van der Waals surface area (Å²) < 4.78 is 28.0. The molecule has 34 heavy (non-hydrogen) atoms. The first-order valence-electron chi connectivity index (χ1n) is 11.5. The zero-order valence-electron chi connectivity index (χ0n) is 19.2. The molecule has 0 radical (unpaired) electrons. The fraction of sp³-hybridized carbons (Fsp3) is 0.435. The number of fused-ring (bicyclic) bond motifs is 1. The van der Waals surface area contributed by atoms with Crippen molar-refractivity contribution in [1.82, 2.24) is 33.7 Å². The Morgan fingerprint density at radius 1 is 1.18 bits per heavy atom. The van der Waals surface area contributed by atoms with E-state index in [-0.39, 0.29) is 17.9 Å². The van der Waals surface area contributed by atoms with Crippen molar-refractivity contribution in [3.8, 4) is 11.4 Å². The molecule has 1 atom stereocenters. The first-order chi connectivity index (χ1) is 16.4. The lowest BCUT2D eigenvalue weighted by Gasteiger charge is -2.16. The molecule has 5 rings (SSSR count). The Hall–Kier alpha value is -3.18. The predicted octanol–water partition coefficient (Wildman–Crippen LogP) is 2.87. The molecule has 0 bridgehead atoms. The van der Waals surface area contributed by atoms with E-state index < -0.39 is 10.0 Å². The van der Waals surface area contributed by atoms with Crippen molar-refractivity contribution in [3.63, 3.8) is 0 Å². The second-order valence-corrected chi connectivity index (χ2v) is 10.8. The second-order valence-electron chi connectivity index (χ2n) is 8.75. The van der Waals surface area contributed by atoms with E-state index in [1.165, 1.54) is 12.4 Å². The normalized spacial score (nSPS) is 15.1. The number of aliphatic hydroxyl groups is 1. The Morgan fingerprint density at radius 3 is 2.74 bits per heavy atom. The van der Waals surface area contributed by atoms with Gasteiger partial charge in [-0.1, -0.05) is 13.3 Å². The molecule has 178 valence electrons. The second kappa shape index (κ2) is 8.88. The standard InChI is InChI=1S/C23H27N7O3S/c1-3-4-15(2)30-21-10-18(25-12-20(21)28-22(30)14-31)9-17-7-8-24-23(27-17)16-11-26-29(13-16)34(32,33)19-5-6-19/h7-8,10-13,15,19,31H,3-6,9,14H2,1-2H3. The van der Waals surface area contributed by atoms with Crippen molar-refractivity contribution in [1.29, 1.82) is 0 Å². The lowest BCUT2D eigenvalue weighted by atomic mass is 10.1. The number of imidazole rings is 1. The van der Waals surface area contributed by atoms with Crippen LogP contribution >= 0.6 is 0 Å². The summed E-state index contributed by atoms with van der Waals surface area (Å²) in [7, 11) is -3.43. The molecule has 4 aromatic heterocycles. The Bertz CT molecular complexity index is 1440. The van der Waals surface area contributed by atoms with E-state index in [2.05, 4.69) is 43.4 Å². The van der Waals surface area contributed by atoms with Gasteiger partial charge in [0.05, 0.1) is 40.6 Å². The quantitative estimate of drug-likeness (QED) is 0.386. The summed E-state index contributed by atoms with van der Waals surface area (Å²) in [4.78, 5) is 18.0. The van der Waals surface area contributed by atoms with Crippen molar-refractivity contribution in [2.45, 2.75) is 63.9 Å². The Morgan fingerprint density at radius 2 is 2.00 bits per heavy atom. The molecule has 0 saturated heterocycles. The van der Waals surface area contributed by atoms with Crippen LogP contribution in [0.15, 0.2) is 36.9 Å². The van der Waals surface area contributed by atoms with Gasteiger partial charge in [-0.3, -0.25) is 4.98 Å². The number of aromatic nitrogens is 7. The minimum Gasteiger partial charge on any atom is -0.388 e. The maximum atomic E-state index is 12.4. The van der Waals surface area contributed by atoms with E-state index in [4.69, 9.17) is 0 Å². The van der Waals surface area contributed by atoms with Crippen LogP contribution in [-0.4, -0.2) is 52.5 Å². The van der Waals surface area contributed by atoms with Gasteiger partial charge in [-0.2, -0.15) is 9.19 Å². The van der Waals surface area contributed by atoms with Gasteiger partial charge < -0.3 is 9.67 Å². The van der Waals surface area contributed by atoms with Crippen LogP contribution in [-0.2, 0) is 23.1 Å². The number of pyridine rings is 1. The van der Waals surface area contributed by atoms with Gasteiger partial charge >= 0.3 is 0 Å². The van der Waals surface area contributed by atoms with Gasteiger partial charge in [0.15, 0.2) is 5.82 Å².